The molecule has 0 aliphatic heterocycles. The van der Waals surface area contributed by atoms with Crippen molar-refractivity contribution in [3.63, 3.8) is 0 Å². The number of nitrogens with zero attached hydrogens (tertiary/aromatic N) is 2. The summed E-state index contributed by atoms with van der Waals surface area (Å²) in [7, 11) is -18.0. The summed E-state index contributed by atoms with van der Waals surface area (Å²) in [4.78, 5) is 0. The van der Waals surface area contributed by atoms with E-state index >= 15 is 0 Å². The quantitative estimate of drug-likeness (QED) is 0.174. The Kier molecular flexibility index (Phi) is 8.47. The maximum absolute atomic E-state index is 12.5. The van der Waals surface area contributed by atoms with Gasteiger partial charge >= 0.3 is 0 Å². The molecule has 0 saturated heterocycles. The van der Waals surface area contributed by atoms with Crippen molar-refractivity contribution in [1.29, 1.82) is 0 Å². The molecule has 1 unspecified atom stereocenters. The van der Waals surface area contributed by atoms with Crippen molar-refractivity contribution >= 4 is 40.2 Å². The molecule has 0 N–H and O–H groups in total. The molecule has 15 heteroatoms. The molecule has 1 atom stereocenters. The predicted molar refractivity (Wildman–Crippen MR) is 92.1 cm³/mol. The van der Waals surface area contributed by atoms with Crippen LogP contribution in [-0.4, -0.2) is 72.7 Å². The van der Waals surface area contributed by atoms with Gasteiger partial charge in [-0.15, -0.1) is 0 Å². The van der Waals surface area contributed by atoms with E-state index in [1.807, 2.05) is 0 Å². The average molecular weight is 445 g/mol. The molecule has 0 aromatic carbocycles. The van der Waals surface area contributed by atoms with Crippen LogP contribution in [0.15, 0.2) is 0 Å². The van der Waals surface area contributed by atoms with Crippen LogP contribution in [0.2, 0.25) is 0 Å². The number of sulfonamides is 3. The largest absolute Gasteiger partial charge is 0.265 e. The molecule has 152 valence electrons. The minimum Gasteiger partial charge on any atom is -0.249 e. The Morgan fingerprint density at radius 1 is 0.840 bits per heavy atom. The molecular formula is C10H24N2O9S4. The van der Waals surface area contributed by atoms with Crippen molar-refractivity contribution in [2.75, 3.05) is 24.5 Å². The van der Waals surface area contributed by atoms with Crippen molar-refractivity contribution in [3.8, 4) is 0 Å². The van der Waals surface area contributed by atoms with Crippen LogP contribution in [0.5, 0.6) is 0 Å². The molecule has 0 aromatic heterocycles. The van der Waals surface area contributed by atoms with Crippen LogP contribution in [0.3, 0.4) is 0 Å². The molecule has 0 spiro atoms. The second-order valence-electron chi connectivity index (χ2n) is 5.40. The lowest BCUT2D eigenvalue weighted by molar-refractivity contribution is 0.0516. The average Bonchev–Trinajstić information content (AvgIpc) is 2.30. The van der Waals surface area contributed by atoms with E-state index in [-0.39, 0.29) is 14.7 Å². The maximum atomic E-state index is 12.5. The van der Waals surface area contributed by atoms with Crippen LogP contribution >= 0.6 is 0 Å². The molecule has 25 heavy (non-hydrogen) atoms. The van der Waals surface area contributed by atoms with Gasteiger partial charge in [0.15, 0.2) is 6.23 Å². The molecule has 0 bridgehead atoms. The number of hydrogen-bond acceptors (Lipinski definition) is 9. The van der Waals surface area contributed by atoms with Crippen LogP contribution in [0.4, 0.5) is 0 Å². The van der Waals surface area contributed by atoms with E-state index in [0.717, 1.165) is 6.92 Å². The third-order valence-electron chi connectivity index (χ3n) is 2.64. The van der Waals surface area contributed by atoms with E-state index in [4.69, 9.17) is 0 Å². The third kappa shape index (κ3) is 8.27. The lowest BCUT2D eigenvalue weighted by Gasteiger charge is -2.33. The van der Waals surface area contributed by atoms with E-state index in [0.29, 0.717) is 31.6 Å². The summed E-state index contributed by atoms with van der Waals surface area (Å²) in [5.41, 5.74) is 0. The van der Waals surface area contributed by atoms with Gasteiger partial charge in [-0.1, -0.05) is 24.2 Å². The van der Waals surface area contributed by atoms with Gasteiger partial charge < -0.3 is 0 Å². The van der Waals surface area contributed by atoms with E-state index < -0.39 is 52.2 Å². The van der Waals surface area contributed by atoms with Crippen molar-refractivity contribution in [1.82, 2.24) is 8.23 Å². The zero-order valence-electron chi connectivity index (χ0n) is 14.6. The first-order valence-corrected chi connectivity index (χ1v) is 14.2. The molecule has 0 heterocycles. The van der Waals surface area contributed by atoms with Crippen molar-refractivity contribution in [2.24, 2.45) is 0 Å². The Morgan fingerprint density at radius 3 is 1.60 bits per heavy atom. The number of hydrogen-bond donors (Lipinski definition) is 0. The SMILES string of the molecule is CCCCCS(=O)(=O)N(C(C)OS(C)(=O)=O)N(S(C)(=O)=O)S(C)(=O)=O. The summed E-state index contributed by atoms with van der Waals surface area (Å²) in [6.07, 6.45) is 0.940. The molecule has 0 amide bonds. The van der Waals surface area contributed by atoms with Gasteiger partial charge in [-0.05, 0) is 17.2 Å². The highest BCUT2D eigenvalue weighted by Gasteiger charge is 2.44. The highest BCUT2D eigenvalue weighted by Crippen LogP contribution is 2.22. The molecule has 0 aliphatic rings. The van der Waals surface area contributed by atoms with Gasteiger partial charge in [0.05, 0.1) is 24.5 Å². The molecule has 0 radical (unpaired) electrons. The van der Waals surface area contributed by atoms with Crippen LogP contribution in [0.25, 0.3) is 0 Å². The van der Waals surface area contributed by atoms with Crippen LogP contribution < -0.4 is 0 Å². The van der Waals surface area contributed by atoms with Gasteiger partial charge in [0, 0.05) is 0 Å². The Balaban J connectivity index is 6.32. The summed E-state index contributed by atoms with van der Waals surface area (Å²) < 4.78 is 99.4. The Morgan fingerprint density at radius 2 is 1.28 bits per heavy atom. The molecule has 0 aromatic rings. The Hall–Kier alpha value is -0.320. The van der Waals surface area contributed by atoms with E-state index in [9.17, 15) is 33.7 Å². The van der Waals surface area contributed by atoms with Gasteiger partial charge in [0.2, 0.25) is 30.1 Å². The normalized spacial score (nSPS) is 15.6. The zero-order chi connectivity index (χ0) is 20.3. The molecule has 0 fully saturated rings. The lowest BCUT2D eigenvalue weighted by Crippen LogP contribution is -2.56. The van der Waals surface area contributed by atoms with E-state index in [1.165, 1.54) is 0 Å². The highest BCUT2D eigenvalue weighted by atomic mass is 32.3. The van der Waals surface area contributed by atoms with Gasteiger partial charge in [-0.2, -0.15) is 8.42 Å². The highest BCUT2D eigenvalue weighted by molar-refractivity contribution is 8.04. The number of hydrazine groups is 1. The minimum atomic E-state index is -4.62. The summed E-state index contributed by atoms with van der Waals surface area (Å²) >= 11 is 0. The molecule has 0 aliphatic carbocycles. The first kappa shape index (κ1) is 24.7. The predicted octanol–water partition coefficient (Wildman–Crippen LogP) is -0.733. The fraction of sp³-hybridized carbons (Fsp3) is 1.00. The maximum Gasteiger partial charge on any atom is 0.265 e. The monoisotopic (exact) mass is 444 g/mol. The van der Waals surface area contributed by atoms with Gasteiger partial charge in [0.25, 0.3) is 10.1 Å². The molecule has 11 nitrogen and oxygen atoms in total. The Labute approximate surface area is 150 Å². The summed E-state index contributed by atoms with van der Waals surface area (Å²) in [6, 6.07) is 0. The van der Waals surface area contributed by atoms with Crippen LogP contribution in [0.1, 0.15) is 33.1 Å². The third-order valence-corrected chi connectivity index (χ3v) is 8.43. The Bertz CT molecular complexity index is 827. The summed E-state index contributed by atoms with van der Waals surface area (Å²) in [5, 5.41) is 0. The number of rotatable bonds is 11. The van der Waals surface area contributed by atoms with Crippen molar-refractivity contribution in [3.05, 3.63) is 0 Å². The molecular weight excluding hydrogens is 420 g/mol. The first-order chi connectivity index (χ1) is 10.9. The smallest absolute Gasteiger partial charge is 0.249 e. The van der Waals surface area contributed by atoms with Gasteiger partial charge in [-0.25, -0.2) is 29.4 Å². The lowest BCUT2D eigenvalue weighted by atomic mass is 10.3. The van der Waals surface area contributed by atoms with Gasteiger partial charge in [-0.3, -0.25) is 0 Å². The van der Waals surface area contributed by atoms with Crippen molar-refractivity contribution < 1.29 is 37.9 Å². The number of unbranched alkanes of at least 4 members (excludes halogenated alkanes) is 2. The zero-order valence-corrected chi connectivity index (χ0v) is 17.9. The fourth-order valence-corrected chi connectivity index (χ4v) is 8.17. The van der Waals surface area contributed by atoms with E-state index in [1.54, 1.807) is 6.92 Å². The first-order valence-electron chi connectivity index (χ1n) is 7.04. The topological polar surface area (TPSA) is 152 Å². The van der Waals surface area contributed by atoms with Crippen molar-refractivity contribution in [2.45, 2.75) is 39.3 Å². The van der Waals surface area contributed by atoms with Crippen LogP contribution in [-0.2, 0) is 44.4 Å². The standard InChI is InChI=1S/C10H24N2O9S4/c1-6-7-8-9-25(19,20)11(10(2)21-24(5,17)18)12(22(3,13)14)23(4,15)16/h10H,6-9H2,1-5H3. The second kappa shape index (κ2) is 8.58. The second-order valence-corrected chi connectivity index (χ2v) is 12.8. The summed E-state index contributed by atoms with van der Waals surface area (Å²) in [5.74, 6) is -0.583. The molecule has 0 saturated carbocycles. The van der Waals surface area contributed by atoms with E-state index in [2.05, 4.69) is 4.18 Å². The fourth-order valence-electron chi connectivity index (χ4n) is 1.92. The summed E-state index contributed by atoms with van der Waals surface area (Å²) in [6.45, 7) is 2.72. The molecule has 0 rings (SSSR count). The van der Waals surface area contributed by atoms with Crippen LogP contribution in [0, 0.1) is 0 Å². The van der Waals surface area contributed by atoms with Gasteiger partial charge in [0.1, 0.15) is 0 Å². The minimum absolute atomic E-state index is 0.0611.